The van der Waals surface area contributed by atoms with Crippen LogP contribution in [0.5, 0.6) is 0 Å². The van der Waals surface area contributed by atoms with Crippen LogP contribution in [0.2, 0.25) is 0 Å². The zero-order chi connectivity index (χ0) is 22.3. The van der Waals surface area contributed by atoms with Crippen molar-refractivity contribution in [1.82, 2.24) is 15.5 Å². The van der Waals surface area contributed by atoms with Gasteiger partial charge in [0.1, 0.15) is 0 Å². The number of carbonyl (C=O) groups is 1. The highest BCUT2D eigenvalue weighted by molar-refractivity contribution is 14.0. The van der Waals surface area contributed by atoms with Crippen molar-refractivity contribution in [3.8, 4) is 11.8 Å². The second kappa shape index (κ2) is 12.3. The average molecular weight is 562 g/mol. The van der Waals surface area contributed by atoms with Gasteiger partial charge in [0.2, 0.25) is 5.91 Å². The molecule has 1 aromatic carbocycles. The predicted octanol–water partition coefficient (Wildman–Crippen LogP) is 4.02. The van der Waals surface area contributed by atoms with Gasteiger partial charge < -0.3 is 15.5 Å². The van der Waals surface area contributed by atoms with Gasteiger partial charge in [-0.05, 0) is 37.5 Å². The van der Waals surface area contributed by atoms with E-state index in [4.69, 9.17) is 0 Å². The maximum absolute atomic E-state index is 12.8. The largest absolute Gasteiger partial charge is 0.416 e. The molecule has 1 aromatic rings. The Morgan fingerprint density at radius 2 is 1.97 bits per heavy atom. The van der Waals surface area contributed by atoms with E-state index < -0.39 is 11.7 Å². The van der Waals surface area contributed by atoms with E-state index in [0.717, 1.165) is 50.8 Å². The third-order valence-electron chi connectivity index (χ3n) is 5.79. The third kappa shape index (κ3) is 7.57. The number of nitrogens with zero attached hydrogens (tertiary/aromatic N) is 2. The quantitative estimate of drug-likeness (QED) is 0.254. The summed E-state index contributed by atoms with van der Waals surface area (Å²) in [4.78, 5) is 18.8. The van der Waals surface area contributed by atoms with E-state index in [1.54, 1.807) is 13.1 Å². The normalized spacial score (nSPS) is 19.6. The first kappa shape index (κ1) is 26.3. The number of guanidine groups is 1. The molecule has 1 saturated carbocycles. The monoisotopic (exact) mass is 562 g/mol. The van der Waals surface area contributed by atoms with E-state index in [2.05, 4.69) is 27.5 Å². The molecule has 1 unspecified atom stereocenters. The summed E-state index contributed by atoms with van der Waals surface area (Å²) in [6.07, 6.45) is 1.99. The molecule has 0 radical (unpaired) electrons. The van der Waals surface area contributed by atoms with Crippen molar-refractivity contribution in [1.29, 1.82) is 0 Å². The van der Waals surface area contributed by atoms with Crippen LogP contribution in [0.15, 0.2) is 29.3 Å². The van der Waals surface area contributed by atoms with Crippen LogP contribution >= 0.6 is 24.0 Å². The summed E-state index contributed by atoms with van der Waals surface area (Å²) in [5.74, 6) is 6.59. The van der Waals surface area contributed by atoms with Crippen molar-refractivity contribution in [3.63, 3.8) is 0 Å². The summed E-state index contributed by atoms with van der Waals surface area (Å²) < 4.78 is 38.3. The molecule has 1 aliphatic heterocycles. The van der Waals surface area contributed by atoms with E-state index in [1.165, 1.54) is 12.5 Å². The fraction of sp³-hybridized carbons (Fsp3) is 0.565. The van der Waals surface area contributed by atoms with Gasteiger partial charge in [0, 0.05) is 37.7 Å². The van der Waals surface area contributed by atoms with Crippen molar-refractivity contribution in [2.75, 3.05) is 26.7 Å². The van der Waals surface area contributed by atoms with Gasteiger partial charge in [0.15, 0.2) is 5.96 Å². The molecule has 2 aliphatic rings. The fourth-order valence-corrected chi connectivity index (χ4v) is 4.12. The van der Waals surface area contributed by atoms with Gasteiger partial charge >= 0.3 is 6.18 Å². The second-order valence-corrected chi connectivity index (χ2v) is 8.06. The molecule has 5 nitrogen and oxygen atoms in total. The highest BCUT2D eigenvalue weighted by Gasteiger charge is 2.32. The lowest BCUT2D eigenvalue weighted by atomic mass is 9.88. The topological polar surface area (TPSA) is 56.7 Å². The smallest absolute Gasteiger partial charge is 0.352 e. The summed E-state index contributed by atoms with van der Waals surface area (Å²) in [5, 5.41) is 6.37. The van der Waals surface area contributed by atoms with E-state index >= 15 is 0 Å². The number of aliphatic imine (C=N–C) groups is 1. The van der Waals surface area contributed by atoms with Crippen LogP contribution < -0.4 is 10.6 Å². The van der Waals surface area contributed by atoms with Gasteiger partial charge in [-0.1, -0.05) is 37.2 Å². The molecule has 32 heavy (non-hydrogen) atoms. The Balaban J connectivity index is 0.00000363. The standard InChI is InChI=1S/C23H29F3N4O.HI/c1-27-22(28-13-6-8-17-7-5-11-19(15-17)23(24,25)26)29-20-12-14-30(16-20)21(31)18-9-3-2-4-10-18;/h5,7,11,15,18,20H,2-4,9-10,12-14,16H2,1H3,(H2,27,28,29);1H. The summed E-state index contributed by atoms with van der Waals surface area (Å²) in [5.41, 5.74) is -0.398. The number of hydrogen-bond acceptors (Lipinski definition) is 2. The molecule has 0 bridgehead atoms. The highest BCUT2D eigenvalue weighted by atomic mass is 127. The highest BCUT2D eigenvalue weighted by Crippen LogP contribution is 2.29. The van der Waals surface area contributed by atoms with Crippen LogP contribution in [0.25, 0.3) is 0 Å². The summed E-state index contributed by atoms with van der Waals surface area (Å²) >= 11 is 0. The number of halogens is 4. The van der Waals surface area contributed by atoms with Crippen LogP contribution in [-0.2, 0) is 11.0 Å². The summed E-state index contributed by atoms with van der Waals surface area (Å²) in [7, 11) is 1.65. The molecule has 9 heteroatoms. The molecule has 3 rings (SSSR count). The lowest BCUT2D eigenvalue weighted by molar-refractivity contribution is -0.137. The SMILES string of the molecule is CN=C(NCC#Cc1cccc(C(F)(F)F)c1)NC1CCN(C(=O)C2CCCCC2)C1.I. The van der Waals surface area contributed by atoms with Gasteiger partial charge in [-0.2, -0.15) is 13.2 Å². The molecule has 1 atom stereocenters. The van der Waals surface area contributed by atoms with Crippen molar-refractivity contribution >= 4 is 35.8 Å². The lowest BCUT2D eigenvalue weighted by Crippen LogP contribution is -2.45. The third-order valence-corrected chi connectivity index (χ3v) is 5.79. The first-order chi connectivity index (χ1) is 14.9. The average Bonchev–Trinajstić information content (AvgIpc) is 3.24. The Morgan fingerprint density at radius 1 is 1.22 bits per heavy atom. The summed E-state index contributed by atoms with van der Waals surface area (Å²) in [6, 6.07) is 5.08. The minimum absolute atomic E-state index is 0. The van der Waals surface area contributed by atoms with Gasteiger partial charge in [0.25, 0.3) is 0 Å². The molecule has 1 aliphatic carbocycles. The van der Waals surface area contributed by atoms with Crippen LogP contribution in [-0.4, -0.2) is 49.5 Å². The van der Waals surface area contributed by atoms with Crippen LogP contribution in [0, 0.1) is 17.8 Å². The minimum Gasteiger partial charge on any atom is -0.352 e. The van der Waals surface area contributed by atoms with Crippen molar-refractivity contribution in [3.05, 3.63) is 35.4 Å². The number of alkyl halides is 3. The van der Waals surface area contributed by atoms with Crippen LogP contribution in [0.3, 0.4) is 0 Å². The number of likely N-dealkylation sites (tertiary alicyclic amines) is 1. The van der Waals surface area contributed by atoms with Crippen LogP contribution in [0.4, 0.5) is 13.2 Å². The predicted molar refractivity (Wildman–Crippen MR) is 130 cm³/mol. The number of amides is 1. The van der Waals surface area contributed by atoms with Crippen molar-refractivity contribution < 1.29 is 18.0 Å². The summed E-state index contributed by atoms with van der Waals surface area (Å²) in [6.45, 7) is 1.65. The van der Waals surface area contributed by atoms with Crippen LogP contribution in [0.1, 0.15) is 49.7 Å². The number of nitrogens with one attached hydrogen (secondary N) is 2. The number of carbonyl (C=O) groups excluding carboxylic acids is 1. The van der Waals surface area contributed by atoms with Crippen molar-refractivity contribution in [2.45, 2.75) is 50.7 Å². The number of benzene rings is 1. The Hall–Kier alpha value is -1.96. The van der Waals surface area contributed by atoms with E-state index in [9.17, 15) is 18.0 Å². The lowest BCUT2D eigenvalue weighted by Gasteiger charge is -2.26. The van der Waals surface area contributed by atoms with E-state index in [0.29, 0.717) is 18.1 Å². The molecule has 0 aromatic heterocycles. The van der Waals surface area contributed by atoms with Crippen molar-refractivity contribution in [2.24, 2.45) is 10.9 Å². The first-order valence-corrected chi connectivity index (χ1v) is 10.8. The Labute approximate surface area is 204 Å². The Bertz CT molecular complexity index is 857. The van der Waals surface area contributed by atoms with Gasteiger partial charge in [-0.15, -0.1) is 24.0 Å². The van der Waals surface area contributed by atoms with Gasteiger partial charge in [0.05, 0.1) is 12.1 Å². The zero-order valence-electron chi connectivity index (χ0n) is 18.2. The Kier molecular flexibility index (Phi) is 10.1. The fourth-order valence-electron chi connectivity index (χ4n) is 4.12. The molecular formula is C23H30F3IN4O. The van der Waals surface area contributed by atoms with E-state index in [-0.39, 0.29) is 48.4 Å². The molecular weight excluding hydrogens is 532 g/mol. The maximum Gasteiger partial charge on any atom is 0.416 e. The molecule has 1 saturated heterocycles. The molecule has 2 N–H and O–H groups in total. The maximum atomic E-state index is 12.8. The first-order valence-electron chi connectivity index (χ1n) is 10.8. The molecule has 1 amide bonds. The molecule has 2 fully saturated rings. The molecule has 0 spiro atoms. The second-order valence-electron chi connectivity index (χ2n) is 8.06. The molecule has 1 heterocycles. The number of rotatable bonds is 3. The van der Waals surface area contributed by atoms with E-state index in [1.807, 2.05) is 4.90 Å². The molecule has 176 valence electrons. The zero-order valence-corrected chi connectivity index (χ0v) is 20.5. The Morgan fingerprint density at radius 3 is 2.66 bits per heavy atom. The van der Waals surface area contributed by atoms with Gasteiger partial charge in [-0.25, -0.2) is 0 Å². The number of hydrogen-bond donors (Lipinski definition) is 2. The minimum atomic E-state index is -4.38. The van der Waals surface area contributed by atoms with Gasteiger partial charge in [-0.3, -0.25) is 9.79 Å².